The zero-order chi connectivity index (χ0) is 25.7. The Hall–Kier alpha value is -3.70. The van der Waals surface area contributed by atoms with E-state index in [4.69, 9.17) is 9.26 Å². The van der Waals surface area contributed by atoms with Crippen molar-refractivity contribution in [3.05, 3.63) is 53.1 Å². The molecule has 1 aliphatic carbocycles. The van der Waals surface area contributed by atoms with Gasteiger partial charge in [-0.1, -0.05) is 30.3 Å². The molecule has 0 aliphatic heterocycles. The number of aromatic nitrogens is 2. The Kier molecular flexibility index (Phi) is 7.70. The Balaban J connectivity index is 1.65. The first kappa shape index (κ1) is 25.4. The quantitative estimate of drug-likeness (QED) is 0.401. The zero-order valence-corrected chi connectivity index (χ0v) is 21.4. The molecule has 1 atom stereocenters. The monoisotopic (exact) mass is 487 g/mol. The highest BCUT2D eigenvalue weighted by atomic mass is 16.5. The molecular weight excluding hydrogens is 454 g/mol. The average Bonchev–Trinajstić information content (AvgIpc) is 3.52. The van der Waals surface area contributed by atoms with Gasteiger partial charge in [-0.05, 0) is 69.5 Å². The second-order valence-electron chi connectivity index (χ2n) is 9.56. The topological polar surface area (TPSA) is 104 Å². The minimum absolute atomic E-state index is 0.0321. The largest absolute Gasteiger partial charge is 0.490 e. The summed E-state index contributed by atoms with van der Waals surface area (Å²) in [6.45, 7) is 8.15. The molecule has 0 bridgehead atoms. The molecule has 1 heterocycles. The Morgan fingerprint density at radius 2 is 2.17 bits per heavy atom. The van der Waals surface area contributed by atoms with Crippen molar-refractivity contribution in [2.24, 2.45) is 0 Å². The number of amides is 1. The van der Waals surface area contributed by atoms with Gasteiger partial charge < -0.3 is 19.5 Å². The lowest BCUT2D eigenvalue weighted by Crippen LogP contribution is -2.41. The highest BCUT2D eigenvalue weighted by molar-refractivity contribution is 5.68. The summed E-state index contributed by atoms with van der Waals surface area (Å²) >= 11 is 0. The van der Waals surface area contributed by atoms with Gasteiger partial charge in [-0.15, -0.1) is 0 Å². The van der Waals surface area contributed by atoms with Crippen LogP contribution in [0.25, 0.3) is 22.8 Å². The van der Waals surface area contributed by atoms with Gasteiger partial charge in [0.2, 0.25) is 12.2 Å². The number of nitriles is 1. The van der Waals surface area contributed by atoms with Gasteiger partial charge in [0, 0.05) is 36.2 Å². The molecule has 1 aliphatic rings. The number of nitrogens with zero attached hydrogens (tertiary/aromatic N) is 4. The maximum absolute atomic E-state index is 11.8. The maximum atomic E-state index is 11.8. The molecule has 0 saturated carbocycles. The van der Waals surface area contributed by atoms with Crippen LogP contribution in [0.15, 0.2) is 40.9 Å². The van der Waals surface area contributed by atoms with Crippen LogP contribution in [0.2, 0.25) is 0 Å². The molecule has 0 radical (unpaired) electrons. The smallest absolute Gasteiger partial charge is 0.258 e. The van der Waals surface area contributed by atoms with E-state index < -0.39 is 0 Å². The van der Waals surface area contributed by atoms with Gasteiger partial charge in [-0.25, -0.2) is 0 Å². The third-order valence-electron chi connectivity index (χ3n) is 6.96. The van der Waals surface area contributed by atoms with Crippen molar-refractivity contribution >= 4 is 6.41 Å². The zero-order valence-electron chi connectivity index (χ0n) is 21.4. The van der Waals surface area contributed by atoms with Gasteiger partial charge in [0.1, 0.15) is 11.8 Å². The summed E-state index contributed by atoms with van der Waals surface area (Å²) in [5.41, 5.74) is 4.42. The lowest BCUT2D eigenvalue weighted by atomic mass is 9.78. The molecule has 8 nitrogen and oxygen atoms in total. The average molecular weight is 488 g/mol. The van der Waals surface area contributed by atoms with E-state index in [2.05, 4.69) is 34.5 Å². The van der Waals surface area contributed by atoms with E-state index in [0.717, 1.165) is 37.8 Å². The van der Waals surface area contributed by atoms with Crippen LogP contribution in [-0.2, 0) is 16.6 Å². The number of hydrogen-bond donors (Lipinski definition) is 1. The van der Waals surface area contributed by atoms with Crippen LogP contribution < -0.4 is 10.1 Å². The van der Waals surface area contributed by atoms with Gasteiger partial charge in [0.05, 0.1) is 11.7 Å². The number of hydrogen-bond acceptors (Lipinski definition) is 7. The standard InChI is InChI=1S/C28H33N5O3/c1-5-28(17-33(18-34)14-13-30-4)12-11-22-23(7-6-8-24(22)28)26-31-27(36-32-26)20-9-10-25(35-19(2)3)21(15-20)16-29/h6-10,15,18-19,30H,5,11-14,17H2,1-4H3. The molecule has 2 aromatic carbocycles. The Morgan fingerprint density at radius 1 is 1.33 bits per heavy atom. The Labute approximate surface area is 212 Å². The Bertz CT molecular complexity index is 1260. The SMILES string of the molecule is CCC1(CN(C=O)CCNC)CCc2c(-c3noc(-c4ccc(OC(C)C)c(C#N)c4)n3)cccc21. The number of carbonyl (C=O) groups is 1. The third kappa shape index (κ3) is 4.98. The second kappa shape index (κ2) is 10.9. The summed E-state index contributed by atoms with van der Waals surface area (Å²) in [5, 5.41) is 17.0. The molecule has 36 heavy (non-hydrogen) atoms. The lowest BCUT2D eigenvalue weighted by Gasteiger charge is -2.34. The van der Waals surface area contributed by atoms with E-state index in [1.807, 2.05) is 44.0 Å². The lowest BCUT2D eigenvalue weighted by molar-refractivity contribution is -0.119. The fourth-order valence-corrected chi connectivity index (χ4v) is 5.08. The van der Waals surface area contributed by atoms with Crippen LogP contribution in [0.5, 0.6) is 5.75 Å². The third-order valence-corrected chi connectivity index (χ3v) is 6.96. The molecule has 4 rings (SSSR count). The van der Waals surface area contributed by atoms with E-state index in [-0.39, 0.29) is 11.5 Å². The number of rotatable bonds is 11. The molecular formula is C28H33N5O3. The van der Waals surface area contributed by atoms with Crippen molar-refractivity contribution in [2.75, 3.05) is 26.7 Å². The summed E-state index contributed by atoms with van der Waals surface area (Å²) in [6, 6.07) is 13.7. The minimum Gasteiger partial charge on any atom is -0.490 e. The molecule has 1 amide bonds. The molecule has 0 saturated heterocycles. The van der Waals surface area contributed by atoms with Crippen molar-refractivity contribution in [3.8, 4) is 34.7 Å². The van der Waals surface area contributed by atoms with Crippen LogP contribution in [0, 0.1) is 11.3 Å². The first-order valence-electron chi connectivity index (χ1n) is 12.5. The summed E-state index contributed by atoms with van der Waals surface area (Å²) in [4.78, 5) is 18.3. The molecule has 0 spiro atoms. The predicted molar refractivity (Wildman–Crippen MR) is 138 cm³/mol. The van der Waals surface area contributed by atoms with Crippen LogP contribution >= 0.6 is 0 Å². The van der Waals surface area contributed by atoms with Gasteiger partial charge in [-0.3, -0.25) is 4.79 Å². The van der Waals surface area contributed by atoms with E-state index in [1.54, 1.807) is 12.1 Å². The van der Waals surface area contributed by atoms with E-state index in [1.165, 1.54) is 11.1 Å². The van der Waals surface area contributed by atoms with Crippen LogP contribution in [0.4, 0.5) is 0 Å². The molecule has 8 heteroatoms. The second-order valence-corrected chi connectivity index (χ2v) is 9.56. The molecule has 0 fully saturated rings. The molecule has 1 aromatic heterocycles. The van der Waals surface area contributed by atoms with Crippen molar-refractivity contribution in [1.82, 2.24) is 20.4 Å². The summed E-state index contributed by atoms with van der Waals surface area (Å²) in [6.07, 6.45) is 3.71. The van der Waals surface area contributed by atoms with Crippen LogP contribution in [0.1, 0.15) is 50.3 Å². The van der Waals surface area contributed by atoms with E-state index in [9.17, 15) is 10.1 Å². The number of carbonyl (C=O) groups excluding carboxylic acids is 1. The first-order valence-corrected chi connectivity index (χ1v) is 12.5. The fourth-order valence-electron chi connectivity index (χ4n) is 5.08. The predicted octanol–water partition coefficient (Wildman–Crippen LogP) is 4.33. The summed E-state index contributed by atoms with van der Waals surface area (Å²) in [5.74, 6) is 1.42. The fraction of sp³-hybridized carbons (Fsp3) is 0.429. The first-order chi connectivity index (χ1) is 17.4. The Morgan fingerprint density at radius 3 is 2.86 bits per heavy atom. The van der Waals surface area contributed by atoms with E-state index >= 15 is 0 Å². The van der Waals surface area contributed by atoms with Crippen molar-refractivity contribution < 1.29 is 14.1 Å². The van der Waals surface area contributed by atoms with Gasteiger partial charge in [0.15, 0.2) is 0 Å². The summed E-state index contributed by atoms with van der Waals surface area (Å²) < 4.78 is 11.3. The normalized spacial score (nSPS) is 16.6. The van der Waals surface area contributed by atoms with Crippen molar-refractivity contribution in [3.63, 3.8) is 0 Å². The molecule has 188 valence electrons. The van der Waals surface area contributed by atoms with Crippen LogP contribution in [0.3, 0.4) is 0 Å². The number of ether oxygens (including phenoxy) is 1. The highest BCUT2D eigenvalue weighted by Gasteiger charge is 2.40. The number of likely N-dealkylation sites (N-methyl/N-ethyl adjacent to an activating group) is 1. The number of nitrogens with one attached hydrogen (secondary N) is 1. The van der Waals surface area contributed by atoms with Crippen LogP contribution in [-0.4, -0.2) is 54.2 Å². The maximum Gasteiger partial charge on any atom is 0.258 e. The number of benzene rings is 2. The highest BCUT2D eigenvalue weighted by Crippen LogP contribution is 2.45. The van der Waals surface area contributed by atoms with Crippen molar-refractivity contribution in [2.45, 2.75) is 51.6 Å². The molecule has 1 unspecified atom stereocenters. The summed E-state index contributed by atoms with van der Waals surface area (Å²) in [7, 11) is 1.89. The number of fused-ring (bicyclic) bond motifs is 1. The minimum atomic E-state index is -0.0967. The van der Waals surface area contributed by atoms with Gasteiger partial charge in [-0.2, -0.15) is 10.2 Å². The van der Waals surface area contributed by atoms with E-state index in [0.29, 0.717) is 41.7 Å². The van der Waals surface area contributed by atoms with Gasteiger partial charge >= 0.3 is 0 Å². The molecule has 3 aromatic rings. The van der Waals surface area contributed by atoms with Crippen molar-refractivity contribution in [1.29, 1.82) is 5.26 Å². The molecule has 1 N–H and O–H groups in total. The van der Waals surface area contributed by atoms with Gasteiger partial charge in [0.25, 0.3) is 5.89 Å².